The molecule has 2 aromatic carbocycles. The molecule has 3 rings (SSSR count). The van der Waals surface area contributed by atoms with Gasteiger partial charge in [-0.15, -0.1) is 0 Å². The van der Waals surface area contributed by atoms with Crippen LogP contribution in [0.3, 0.4) is 0 Å². The first kappa shape index (κ1) is 14.3. The van der Waals surface area contributed by atoms with Crippen molar-refractivity contribution < 1.29 is 0 Å². The molecule has 104 valence electrons. The van der Waals surface area contributed by atoms with Crippen LogP contribution in [0.15, 0.2) is 52.3 Å². The van der Waals surface area contributed by atoms with E-state index in [4.69, 9.17) is 23.2 Å². The highest BCUT2D eigenvalue weighted by atomic mass is 35.5. The quantitative estimate of drug-likeness (QED) is 0.790. The number of hydrogen-bond donors (Lipinski definition) is 1. The molecular weight excluding hydrogens is 309 g/mol. The summed E-state index contributed by atoms with van der Waals surface area (Å²) in [6, 6.07) is 14.7. The minimum Gasteiger partial charge on any atom is -0.310 e. The lowest BCUT2D eigenvalue weighted by atomic mass is 10.2. The molecule has 1 saturated carbocycles. The summed E-state index contributed by atoms with van der Waals surface area (Å²) in [6.45, 7) is 0.876. The SMILES string of the molecule is Clc1ccc(Sc2ccc(Cl)cc2CNC2CC2)cc1. The van der Waals surface area contributed by atoms with Gasteiger partial charge in [-0.05, 0) is 60.9 Å². The van der Waals surface area contributed by atoms with E-state index in [-0.39, 0.29) is 0 Å². The third kappa shape index (κ3) is 3.92. The summed E-state index contributed by atoms with van der Waals surface area (Å²) in [6.07, 6.45) is 2.58. The van der Waals surface area contributed by atoms with Crippen LogP contribution >= 0.6 is 35.0 Å². The Kier molecular flexibility index (Phi) is 4.57. The summed E-state index contributed by atoms with van der Waals surface area (Å²) in [5.74, 6) is 0. The topological polar surface area (TPSA) is 12.0 Å². The molecule has 0 radical (unpaired) electrons. The minimum absolute atomic E-state index is 0.697. The number of benzene rings is 2. The van der Waals surface area contributed by atoms with Gasteiger partial charge in [0.1, 0.15) is 0 Å². The van der Waals surface area contributed by atoms with Gasteiger partial charge in [0.15, 0.2) is 0 Å². The highest BCUT2D eigenvalue weighted by Crippen LogP contribution is 2.33. The lowest BCUT2D eigenvalue weighted by molar-refractivity contribution is 0.680. The van der Waals surface area contributed by atoms with Crippen LogP contribution in [-0.2, 0) is 6.54 Å². The summed E-state index contributed by atoms with van der Waals surface area (Å²) in [7, 11) is 0. The van der Waals surface area contributed by atoms with Crippen molar-refractivity contribution in [3.05, 3.63) is 58.1 Å². The van der Waals surface area contributed by atoms with Crippen molar-refractivity contribution in [3.63, 3.8) is 0 Å². The van der Waals surface area contributed by atoms with Crippen molar-refractivity contribution in [2.45, 2.75) is 35.2 Å². The molecule has 0 heterocycles. The molecule has 0 aliphatic heterocycles. The molecule has 0 atom stereocenters. The monoisotopic (exact) mass is 323 g/mol. The van der Waals surface area contributed by atoms with E-state index in [9.17, 15) is 0 Å². The summed E-state index contributed by atoms with van der Waals surface area (Å²) in [5, 5.41) is 5.10. The van der Waals surface area contributed by atoms with Crippen molar-refractivity contribution in [2.75, 3.05) is 0 Å². The van der Waals surface area contributed by atoms with Crippen LogP contribution in [0.5, 0.6) is 0 Å². The van der Waals surface area contributed by atoms with E-state index in [2.05, 4.69) is 17.4 Å². The number of halogens is 2. The number of nitrogens with one attached hydrogen (secondary N) is 1. The molecule has 0 saturated heterocycles. The Bertz CT molecular complexity index is 594. The second-order valence-electron chi connectivity index (χ2n) is 4.96. The lowest BCUT2D eigenvalue weighted by Gasteiger charge is -2.11. The highest BCUT2D eigenvalue weighted by Gasteiger charge is 2.20. The molecule has 0 amide bonds. The summed E-state index contributed by atoms with van der Waals surface area (Å²) in [4.78, 5) is 2.43. The minimum atomic E-state index is 0.697. The Morgan fingerprint density at radius 3 is 2.40 bits per heavy atom. The van der Waals surface area contributed by atoms with Crippen LogP contribution in [0, 0.1) is 0 Å². The van der Waals surface area contributed by atoms with Gasteiger partial charge in [0.2, 0.25) is 0 Å². The maximum atomic E-state index is 6.12. The Morgan fingerprint density at radius 1 is 1.00 bits per heavy atom. The molecule has 2 aromatic rings. The van der Waals surface area contributed by atoms with Crippen molar-refractivity contribution in [1.29, 1.82) is 0 Å². The zero-order chi connectivity index (χ0) is 13.9. The molecule has 0 unspecified atom stereocenters. The molecule has 0 spiro atoms. The van der Waals surface area contributed by atoms with Crippen molar-refractivity contribution >= 4 is 35.0 Å². The van der Waals surface area contributed by atoms with E-state index in [1.165, 1.54) is 28.2 Å². The first-order valence-electron chi connectivity index (χ1n) is 6.66. The van der Waals surface area contributed by atoms with Gasteiger partial charge in [0.25, 0.3) is 0 Å². The van der Waals surface area contributed by atoms with Gasteiger partial charge in [0, 0.05) is 32.4 Å². The van der Waals surface area contributed by atoms with E-state index in [1.54, 1.807) is 11.8 Å². The van der Waals surface area contributed by atoms with E-state index < -0.39 is 0 Å². The van der Waals surface area contributed by atoms with Gasteiger partial charge in [0.05, 0.1) is 0 Å². The van der Waals surface area contributed by atoms with Gasteiger partial charge in [-0.1, -0.05) is 35.0 Å². The molecule has 0 aromatic heterocycles. The van der Waals surface area contributed by atoms with Crippen LogP contribution < -0.4 is 5.32 Å². The van der Waals surface area contributed by atoms with Gasteiger partial charge in [-0.3, -0.25) is 0 Å². The largest absolute Gasteiger partial charge is 0.310 e. The van der Waals surface area contributed by atoms with E-state index in [0.29, 0.717) is 6.04 Å². The molecular formula is C16H15Cl2NS. The second kappa shape index (κ2) is 6.40. The molecule has 4 heteroatoms. The summed E-state index contributed by atoms with van der Waals surface area (Å²) < 4.78 is 0. The Balaban J connectivity index is 1.77. The number of rotatable bonds is 5. The van der Waals surface area contributed by atoms with E-state index in [0.717, 1.165) is 16.6 Å². The fourth-order valence-electron chi connectivity index (χ4n) is 1.96. The van der Waals surface area contributed by atoms with Crippen LogP contribution in [0.4, 0.5) is 0 Å². The fraction of sp³-hybridized carbons (Fsp3) is 0.250. The smallest absolute Gasteiger partial charge is 0.0410 e. The predicted octanol–water partition coefficient (Wildman–Crippen LogP) is 5.40. The van der Waals surface area contributed by atoms with Gasteiger partial charge >= 0.3 is 0 Å². The van der Waals surface area contributed by atoms with E-state index in [1.807, 2.05) is 30.3 Å². The number of hydrogen-bond acceptors (Lipinski definition) is 2. The fourth-order valence-corrected chi connectivity index (χ4v) is 3.20. The van der Waals surface area contributed by atoms with Crippen LogP contribution in [0.1, 0.15) is 18.4 Å². The van der Waals surface area contributed by atoms with Crippen molar-refractivity contribution in [3.8, 4) is 0 Å². The third-order valence-electron chi connectivity index (χ3n) is 3.22. The summed E-state index contributed by atoms with van der Waals surface area (Å²) in [5.41, 5.74) is 1.25. The predicted molar refractivity (Wildman–Crippen MR) is 86.9 cm³/mol. The van der Waals surface area contributed by atoms with Crippen LogP contribution in [-0.4, -0.2) is 6.04 Å². The molecule has 1 N–H and O–H groups in total. The molecule has 1 fully saturated rings. The normalized spacial score (nSPS) is 14.5. The van der Waals surface area contributed by atoms with Gasteiger partial charge < -0.3 is 5.32 Å². The summed E-state index contributed by atoms with van der Waals surface area (Å²) >= 11 is 13.8. The standard InChI is InChI=1S/C16H15Cl2NS/c17-12-1-6-15(7-2-12)20-16-8-3-13(18)9-11(16)10-19-14-4-5-14/h1-3,6-9,14,19H,4-5,10H2. The third-order valence-corrected chi connectivity index (χ3v) is 4.84. The lowest BCUT2D eigenvalue weighted by Crippen LogP contribution is -2.15. The first-order chi connectivity index (χ1) is 9.70. The van der Waals surface area contributed by atoms with Crippen LogP contribution in [0.25, 0.3) is 0 Å². The van der Waals surface area contributed by atoms with Gasteiger partial charge in [-0.25, -0.2) is 0 Å². The average molecular weight is 324 g/mol. The van der Waals surface area contributed by atoms with Crippen LogP contribution in [0.2, 0.25) is 10.0 Å². The Morgan fingerprint density at radius 2 is 1.70 bits per heavy atom. The first-order valence-corrected chi connectivity index (χ1v) is 8.23. The van der Waals surface area contributed by atoms with E-state index >= 15 is 0 Å². The Hall–Kier alpha value is -0.670. The maximum Gasteiger partial charge on any atom is 0.0410 e. The highest BCUT2D eigenvalue weighted by molar-refractivity contribution is 7.99. The molecule has 1 aliphatic carbocycles. The Labute approximate surface area is 133 Å². The van der Waals surface area contributed by atoms with Crippen molar-refractivity contribution in [1.82, 2.24) is 5.32 Å². The average Bonchev–Trinajstić information content (AvgIpc) is 3.25. The maximum absolute atomic E-state index is 6.12. The second-order valence-corrected chi connectivity index (χ2v) is 6.95. The zero-order valence-electron chi connectivity index (χ0n) is 10.9. The molecule has 1 nitrogen and oxygen atoms in total. The van der Waals surface area contributed by atoms with Gasteiger partial charge in [-0.2, -0.15) is 0 Å². The molecule has 1 aliphatic rings. The molecule has 0 bridgehead atoms. The van der Waals surface area contributed by atoms with Crippen molar-refractivity contribution in [2.24, 2.45) is 0 Å². The zero-order valence-corrected chi connectivity index (χ0v) is 13.2. The molecule has 20 heavy (non-hydrogen) atoms.